The van der Waals surface area contributed by atoms with Gasteiger partial charge in [0, 0.05) is 5.56 Å². The van der Waals surface area contributed by atoms with E-state index in [0.29, 0.717) is 11.5 Å². The monoisotopic (exact) mass is 218 g/mol. The molecule has 0 atom stereocenters. The summed E-state index contributed by atoms with van der Waals surface area (Å²) in [5, 5.41) is 0. The molecule has 1 saturated carbocycles. The molecule has 1 aromatic carbocycles. The molecule has 0 unspecified atom stereocenters. The molecule has 0 radical (unpaired) electrons. The maximum absolute atomic E-state index is 11.6. The van der Waals surface area contributed by atoms with Gasteiger partial charge in [0.25, 0.3) is 5.78 Å². The van der Waals surface area contributed by atoms with Gasteiger partial charge in [-0.15, -0.1) is 0 Å². The van der Waals surface area contributed by atoms with E-state index >= 15 is 0 Å². The van der Waals surface area contributed by atoms with Gasteiger partial charge in [0.2, 0.25) is 0 Å². The fourth-order valence-corrected chi connectivity index (χ4v) is 1.64. The summed E-state index contributed by atoms with van der Waals surface area (Å²) in [6.45, 7) is 1.91. The van der Waals surface area contributed by atoms with Crippen molar-refractivity contribution in [2.75, 3.05) is 6.61 Å². The molecule has 3 heteroatoms. The van der Waals surface area contributed by atoms with Crippen molar-refractivity contribution in [1.82, 2.24) is 0 Å². The van der Waals surface area contributed by atoms with E-state index in [0.717, 1.165) is 0 Å². The summed E-state index contributed by atoms with van der Waals surface area (Å²) in [7, 11) is 0. The van der Waals surface area contributed by atoms with E-state index in [9.17, 15) is 9.59 Å². The Labute approximate surface area is 94.4 Å². The Bertz CT molecular complexity index is 402. The Kier molecular flexibility index (Phi) is 3.04. The predicted octanol–water partition coefficient (Wildman–Crippen LogP) is 2.31. The summed E-state index contributed by atoms with van der Waals surface area (Å²) < 4.78 is 4.66. The lowest BCUT2D eigenvalue weighted by molar-refractivity contribution is -0.137. The zero-order valence-corrected chi connectivity index (χ0v) is 9.23. The molecule has 16 heavy (non-hydrogen) atoms. The van der Waals surface area contributed by atoms with Gasteiger partial charge in [0.1, 0.15) is 0 Å². The third-order valence-corrected chi connectivity index (χ3v) is 2.68. The van der Waals surface area contributed by atoms with Crippen LogP contribution in [0.25, 0.3) is 0 Å². The van der Waals surface area contributed by atoms with Crippen LogP contribution in [0.4, 0.5) is 0 Å². The van der Waals surface area contributed by atoms with Gasteiger partial charge in [-0.2, -0.15) is 0 Å². The minimum absolute atomic E-state index is 0.227. The van der Waals surface area contributed by atoms with Crippen molar-refractivity contribution >= 4 is 11.8 Å². The second-order valence-electron chi connectivity index (χ2n) is 3.95. The molecular weight excluding hydrogens is 204 g/mol. The summed E-state index contributed by atoms with van der Waals surface area (Å²) in [5.74, 6) is -0.683. The first-order chi connectivity index (χ1) is 7.72. The number of ether oxygens (including phenoxy) is 1. The highest BCUT2D eigenvalue weighted by Crippen LogP contribution is 2.39. The van der Waals surface area contributed by atoms with Gasteiger partial charge in [0.15, 0.2) is 0 Å². The Hall–Kier alpha value is -1.64. The van der Waals surface area contributed by atoms with E-state index in [4.69, 9.17) is 0 Å². The molecule has 84 valence electrons. The molecule has 2 rings (SSSR count). The smallest absolute Gasteiger partial charge is 0.379 e. The van der Waals surface area contributed by atoms with Crippen molar-refractivity contribution in [3.05, 3.63) is 35.4 Å². The first-order valence-corrected chi connectivity index (χ1v) is 5.53. The number of rotatable bonds is 4. The molecule has 1 aromatic rings. The van der Waals surface area contributed by atoms with Crippen LogP contribution in [0.2, 0.25) is 0 Å². The van der Waals surface area contributed by atoms with E-state index in [1.54, 1.807) is 19.1 Å². The minimum atomic E-state index is -0.776. The van der Waals surface area contributed by atoms with E-state index in [1.165, 1.54) is 18.4 Å². The van der Waals surface area contributed by atoms with Gasteiger partial charge in [0.05, 0.1) is 6.61 Å². The Morgan fingerprint density at radius 3 is 2.38 bits per heavy atom. The van der Waals surface area contributed by atoms with E-state index in [1.807, 2.05) is 12.1 Å². The summed E-state index contributed by atoms with van der Waals surface area (Å²) in [4.78, 5) is 22.8. The molecular formula is C13H14O3. The lowest BCUT2D eigenvalue weighted by Crippen LogP contribution is -2.17. The highest BCUT2D eigenvalue weighted by molar-refractivity contribution is 6.40. The number of hydrogen-bond acceptors (Lipinski definition) is 3. The lowest BCUT2D eigenvalue weighted by Gasteiger charge is -2.02. The number of esters is 1. The topological polar surface area (TPSA) is 43.4 Å². The van der Waals surface area contributed by atoms with E-state index in [-0.39, 0.29) is 6.61 Å². The summed E-state index contributed by atoms with van der Waals surface area (Å²) >= 11 is 0. The zero-order valence-electron chi connectivity index (χ0n) is 9.23. The molecule has 1 fully saturated rings. The maximum atomic E-state index is 11.6. The normalized spacial score (nSPS) is 14.6. The van der Waals surface area contributed by atoms with Gasteiger partial charge in [-0.3, -0.25) is 4.79 Å². The second-order valence-corrected chi connectivity index (χ2v) is 3.95. The number of hydrogen-bond donors (Lipinski definition) is 0. The van der Waals surface area contributed by atoms with Crippen LogP contribution in [0, 0.1) is 0 Å². The Morgan fingerprint density at radius 2 is 1.88 bits per heavy atom. The quantitative estimate of drug-likeness (QED) is 0.442. The average Bonchev–Trinajstić information content (AvgIpc) is 3.12. The SMILES string of the molecule is CCOC(=O)C(=O)c1ccc(C2CC2)cc1. The van der Waals surface area contributed by atoms with Crippen LogP contribution in [0.15, 0.2) is 24.3 Å². The highest BCUT2D eigenvalue weighted by Gasteiger charge is 2.24. The standard InChI is InChI=1S/C13H14O3/c1-2-16-13(15)12(14)11-7-5-10(6-8-11)9-3-4-9/h5-9H,2-4H2,1H3. The molecule has 0 N–H and O–H groups in total. The van der Waals surface area contributed by atoms with Crippen molar-refractivity contribution in [3.63, 3.8) is 0 Å². The van der Waals surface area contributed by atoms with Crippen LogP contribution >= 0.6 is 0 Å². The van der Waals surface area contributed by atoms with Crippen molar-refractivity contribution in [2.24, 2.45) is 0 Å². The molecule has 3 nitrogen and oxygen atoms in total. The first-order valence-electron chi connectivity index (χ1n) is 5.53. The number of ketones is 1. The van der Waals surface area contributed by atoms with Crippen molar-refractivity contribution < 1.29 is 14.3 Å². The number of benzene rings is 1. The lowest BCUT2D eigenvalue weighted by atomic mass is 10.1. The van der Waals surface area contributed by atoms with E-state index in [2.05, 4.69) is 4.74 Å². The van der Waals surface area contributed by atoms with Crippen LogP contribution in [0.1, 0.15) is 41.6 Å². The Morgan fingerprint density at radius 1 is 1.25 bits per heavy atom. The third-order valence-electron chi connectivity index (χ3n) is 2.68. The third kappa shape index (κ3) is 2.30. The minimum Gasteiger partial charge on any atom is -0.460 e. The van der Waals surface area contributed by atoms with Crippen LogP contribution < -0.4 is 0 Å². The van der Waals surface area contributed by atoms with Crippen molar-refractivity contribution in [3.8, 4) is 0 Å². The predicted molar refractivity (Wildman–Crippen MR) is 59.4 cm³/mol. The number of carbonyl (C=O) groups excluding carboxylic acids is 2. The second kappa shape index (κ2) is 4.47. The zero-order chi connectivity index (χ0) is 11.5. The molecule has 0 spiro atoms. The average molecular weight is 218 g/mol. The molecule has 0 bridgehead atoms. The molecule has 0 saturated heterocycles. The van der Waals surface area contributed by atoms with Crippen LogP contribution in [-0.4, -0.2) is 18.4 Å². The summed E-state index contributed by atoms with van der Waals surface area (Å²) in [6.07, 6.45) is 2.45. The van der Waals surface area contributed by atoms with Gasteiger partial charge in [-0.05, 0) is 31.2 Å². The van der Waals surface area contributed by atoms with Crippen LogP contribution in [-0.2, 0) is 9.53 Å². The Balaban J connectivity index is 2.08. The van der Waals surface area contributed by atoms with Crippen molar-refractivity contribution in [2.45, 2.75) is 25.7 Å². The van der Waals surface area contributed by atoms with Gasteiger partial charge in [-0.1, -0.05) is 24.3 Å². The maximum Gasteiger partial charge on any atom is 0.379 e. The molecule has 0 aromatic heterocycles. The fourth-order valence-electron chi connectivity index (χ4n) is 1.64. The van der Waals surface area contributed by atoms with E-state index < -0.39 is 11.8 Å². The molecule has 1 aliphatic carbocycles. The largest absolute Gasteiger partial charge is 0.460 e. The van der Waals surface area contributed by atoms with Gasteiger partial charge in [-0.25, -0.2) is 4.79 Å². The van der Waals surface area contributed by atoms with Crippen molar-refractivity contribution in [1.29, 1.82) is 0 Å². The molecule has 0 amide bonds. The summed E-state index contributed by atoms with van der Waals surface area (Å²) in [6, 6.07) is 7.24. The first kappa shape index (κ1) is 10.9. The number of Topliss-reactive ketones (excluding diaryl/α,β-unsaturated/α-hetero) is 1. The van der Waals surface area contributed by atoms with Gasteiger partial charge < -0.3 is 4.74 Å². The fraction of sp³-hybridized carbons (Fsp3) is 0.385. The summed E-state index contributed by atoms with van der Waals surface area (Å²) in [5.41, 5.74) is 1.66. The number of carbonyl (C=O) groups is 2. The molecule has 1 aliphatic rings. The van der Waals surface area contributed by atoms with Crippen LogP contribution in [0.5, 0.6) is 0 Å². The van der Waals surface area contributed by atoms with Gasteiger partial charge >= 0.3 is 5.97 Å². The molecule has 0 aliphatic heterocycles. The highest BCUT2D eigenvalue weighted by atomic mass is 16.5. The van der Waals surface area contributed by atoms with Crippen LogP contribution in [0.3, 0.4) is 0 Å². The molecule has 0 heterocycles.